The van der Waals surface area contributed by atoms with Crippen LogP contribution in [-0.4, -0.2) is 20.5 Å². The molecule has 13 heavy (non-hydrogen) atoms. The highest BCUT2D eigenvalue weighted by Gasteiger charge is 2.11. The molecule has 0 bridgehead atoms. The minimum atomic E-state index is -0.478. The second-order valence-electron chi connectivity index (χ2n) is 2.92. The molecule has 74 valence electrons. The Hall–Kier alpha value is -0.540. The van der Waals surface area contributed by atoms with E-state index in [9.17, 15) is 5.11 Å². The van der Waals surface area contributed by atoms with Gasteiger partial charge in [-0.3, -0.25) is 0 Å². The fourth-order valence-electron chi connectivity index (χ4n) is 1.29. The lowest BCUT2D eigenvalue weighted by Crippen LogP contribution is -2.07. The number of hydrogen-bond donors (Lipinski definition) is 1. The molecule has 1 atom stereocenters. The fraction of sp³-hybridized carbons (Fsp3) is 0.667. The average Bonchev–Trinajstić information content (AvgIpc) is 2.61. The van der Waals surface area contributed by atoms with Gasteiger partial charge in [0.25, 0.3) is 0 Å². The number of hydrogen-bond acceptors (Lipinski definition) is 2. The van der Waals surface area contributed by atoms with Crippen LogP contribution in [0, 0.1) is 0 Å². The number of imidazole rings is 1. The normalized spacial score (nSPS) is 13.2. The van der Waals surface area contributed by atoms with Crippen LogP contribution < -0.4 is 0 Å². The van der Waals surface area contributed by atoms with Gasteiger partial charge in [0.1, 0.15) is 11.9 Å². The van der Waals surface area contributed by atoms with E-state index >= 15 is 0 Å². The summed E-state index contributed by atoms with van der Waals surface area (Å²) in [5.41, 5.74) is 0. The zero-order chi connectivity index (χ0) is 9.68. The minimum Gasteiger partial charge on any atom is -0.385 e. The number of nitrogens with zero attached hydrogens (tertiary/aromatic N) is 2. The van der Waals surface area contributed by atoms with E-state index in [4.69, 9.17) is 11.6 Å². The number of aliphatic hydroxyl groups excluding tert-OH is 1. The van der Waals surface area contributed by atoms with E-state index in [1.807, 2.05) is 17.7 Å². The van der Waals surface area contributed by atoms with E-state index in [0.29, 0.717) is 12.3 Å². The van der Waals surface area contributed by atoms with E-state index in [1.54, 1.807) is 6.20 Å². The third-order valence-corrected chi connectivity index (χ3v) is 2.26. The predicted octanol–water partition coefficient (Wildman–Crippen LogP) is 1.96. The van der Waals surface area contributed by atoms with Gasteiger partial charge in [-0.1, -0.05) is 0 Å². The Morgan fingerprint density at radius 2 is 2.46 bits per heavy atom. The van der Waals surface area contributed by atoms with Crippen molar-refractivity contribution in [2.45, 2.75) is 32.4 Å². The zero-order valence-electron chi connectivity index (χ0n) is 7.78. The maximum Gasteiger partial charge on any atom is 0.137 e. The van der Waals surface area contributed by atoms with E-state index < -0.39 is 6.10 Å². The number of aryl methyl sites for hydroxylation is 1. The highest BCUT2D eigenvalue weighted by Crippen LogP contribution is 2.16. The van der Waals surface area contributed by atoms with Crippen molar-refractivity contribution < 1.29 is 5.11 Å². The molecule has 0 amide bonds. The van der Waals surface area contributed by atoms with E-state index in [-0.39, 0.29) is 0 Å². The van der Waals surface area contributed by atoms with Crippen LogP contribution in [0.5, 0.6) is 0 Å². The Morgan fingerprint density at radius 3 is 3.08 bits per heavy atom. The molecule has 0 spiro atoms. The molecule has 1 heterocycles. The maximum absolute atomic E-state index is 9.71. The molecule has 1 aromatic rings. The van der Waals surface area contributed by atoms with Crippen LogP contribution in [0.1, 0.15) is 31.7 Å². The van der Waals surface area contributed by atoms with Gasteiger partial charge in [0.05, 0.1) is 0 Å². The lowest BCUT2D eigenvalue weighted by atomic mass is 10.2. The van der Waals surface area contributed by atoms with Gasteiger partial charge in [-0.25, -0.2) is 4.98 Å². The van der Waals surface area contributed by atoms with Crippen molar-refractivity contribution in [1.82, 2.24) is 9.55 Å². The molecule has 4 heteroatoms. The van der Waals surface area contributed by atoms with Crippen LogP contribution >= 0.6 is 11.6 Å². The summed E-state index contributed by atoms with van der Waals surface area (Å²) in [5, 5.41) is 9.71. The SMILES string of the molecule is CCn1ccnc1C(O)CCCCl. The molecule has 0 saturated heterocycles. The first-order chi connectivity index (χ1) is 6.29. The lowest BCUT2D eigenvalue weighted by Gasteiger charge is -2.10. The lowest BCUT2D eigenvalue weighted by molar-refractivity contribution is 0.152. The van der Waals surface area contributed by atoms with Gasteiger partial charge in [0.2, 0.25) is 0 Å². The zero-order valence-corrected chi connectivity index (χ0v) is 8.54. The van der Waals surface area contributed by atoms with Gasteiger partial charge in [0.15, 0.2) is 0 Å². The molecular weight excluding hydrogens is 188 g/mol. The second kappa shape index (κ2) is 5.25. The largest absolute Gasteiger partial charge is 0.385 e. The fourth-order valence-corrected chi connectivity index (χ4v) is 1.44. The third kappa shape index (κ3) is 2.71. The van der Waals surface area contributed by atoms with Crippen LogP contribution in [0.15, 0.2) is 12.4 Å². The molecule has 0 aliphatic rings. The molecule has 1 N–H and O–H groups in total. The first-order valence-corrected chi connectivity index (χ1v) is 5.08. The van der Waals surface area contributed by atoms with E-state index in [0.717, 1.165) is 18.8 Å². The highest BCUT2D eigenvalue weighted by atomic mass is 35.5. The minimum absolute atomic E-state index is 0.478. The summed E-state index contributed by atoms with van der Waals surface area (Å²) in [6.07, 6.45) is 4.61. The Morgan fingerprint density at radius 1 is 1.69 bits per heavy atom. The highest BCUT2D eigenvalue weighted by molar-refractivity contribution is 6.17. The molecule has 0 radical (unpaired) electrons. The first-order valence-electron chi connectivity index (χ1n) is 4.54. The predicted molar refractivity (Wildman–Crippen MR) is 52.8 cm³/mol. The summed E-state index contributed by atoms with van der Waals surface area (Å²) in [4.78, 5) is 4.11. The second-order valence-corrected chi connectivity index (χ2v) is 3.30. The third-order valence-electron chi connectivity index (χ3n) is 2.00. The monoisotopic (exact) mass is 202 g/mol. The number of rotatable bonds is 5. The van der Waals surface area contributed by atoms with Crippen molar-refractivity contribution in [2.75, 3.05) is 5.88 Å². The quantitative estimate of drug-likeness (QED) is 0.742. The van der Waals surface area contributed by atoms with E-state index in [1.165, 1.54) is 0 Å². The van der Waals surface area contributed by atoms with E-state index in [2.05, 4.69) is 4.98 Å². The molecule has 0 saturated carbocycles. The van der Waals surface area contributed by atoms with Gasteiger partial charge in [-0.05, 0) is 19.8 Å². The Bertz CT molecular complexity index is 250. The van der Waals surface area contributed by atoms with Gasteiger partial charge >= 0.3 is 0 Å². The van der Waals surface area contributed by atoms with Crippen LogP contribution in [-0.2, 0) is 6.54 Å². The summed E-state index contributed by atoms with van der Waals surface area (Å²) in [7, 11) is 0. The van der Waals surface area contributed by atoms with Crippen molar-refractivity contribution in [3.05, 3.63) is 18.2 Å². The molecule has 1 aromatic heterocycles. The Labute approximate surface area is 83.4 Å². The summed E-state index contributed by atoms with van der Waals surface area (Å²) in [6, 6.07) is 0. The number of aromatic nitrogens is 2. The molecule has 0 aromatic carbocycles. The summed E-state index contributed by atoms with van der Waals surface area (Å²) < 4.78 is 1.94. The van der Waals surface area contributed by atoms with Crippen molar-refractivity contribution in [3.8, 4) is 0 Å². The summed E-state index contributed by atoms with van der Waals surface area (Å²) in [5.74, 6) is 1.33. The maximum atomic E-state index is 9.71. The van der Waals surface area contributed by atoms with Gasteiger partial charge in [-0.2, -0.15) is 0 Å². The summed E-state index contributed by atoms with van der Waals surface area (Å²) >= 11 is 5.54. The van der Waals surface area contributed by atoms with Crippen molar-refractivity contribution >= 4 is 11.6 Å². The van der Waals surface area contributed by atoms with Crippen LogP contribution in [0.25, 0.3) is 0 Å². The first kappa shape index (κ1) is 10.5. The van der Waals surface area contributed by atoms with Crippen LogP contribution in [0.2, 0.25) is 0 Å². The Kier molecular flexibility index (Phi) is 4.25. The van der Waals surface area contributed by atoms with Crippen molar-refractivity contribution in [2.24, 2.45) is 0 Å². The van der Waals surface area contributed by atoms with Crippen LogP contribution in [0.4, 0.5) is 0 Å². The molecule has 0 aliphatic carbocycles. The van der Waals surface area contributed by atoms with Gasteiger partial charge < -0.3 is 9.67 Å². The summed E-state index contributed by atoms with van der Waals surface area (Å²) in [6.45, 7) is 2.87. The number of halogens is 1. The van der Waals surface area contributed by atoms with Gasteiger partial charge in [0, 0.05) is 24.8 Å². The van der Waals surface area contributed by atoms with Gasteiger partial charge in [-0.15, -0.1) is 11.6 Å². The van der Waals surface area contributed by atoms with Crippen molar-refractivity contribution in [1.29, 1.82) is 0 Å². The molecule has 0 aliphatic heterocycles. The standard InChI is InChI=1S/C9H15ClN2O/c1-2-12-7-6-11-9(12)8(13)4-3-5-10/h6-8,13H,2-5H2,1H3. The molecule has 3 nitrogen and oxygen atoms in total. The molecule has 0 fully saturated rings. The smallest absolute Gasteiger partial charge is 0.137 e. The number of alkyl halides is 1. The molecule has 1 rings (SSSR count). The average molecular weight is 203 g/mol. The number of aliphatic hydroxyl groups is 1. The van der Waals surface area contributed by atoms with Crippen LogP contribution in [0.3, 0.4) is 0 Å². The topological polar surface area (TPSA) is 38.0 Å². The molecule has 1 unspecified atom stereocenters. The van der Waals surface area contributed by atoms with Crippen molar-refractivity contribution in [3.63, 3.8) is 0 Å². The Balaban J connectivity index is 2.59. The molecular formula is C9H15ClN2O.